The van der Waals surface area contributed by atoms with Gasteiger partial charge in [0.05, 0.1) is 0 Å². The topological polar surface area (TPSA) is 37.4 Å². The van der Waals surface area contributed by atoms with Crippen molar-refractivity contribution in [1.82, 2.24) is 4.90 Å². The van der Waals surface area contributed by atoms with Crippen LogP contribution in [0.5, 0.6) is 0 Å². The summed E-state index contributed by atoms with van der Waals surface area (Å²) < 4.78 is 0. The summed E-state index contributed by atoms with van der Waals surface area (Å²) in [4.78, 5) is 27.1. The second kappa shape index (κ2) is 6.83. The van der Waals surface area contributed by atoms with Gasteiger partial charge in [0.2, 0.25) is 0 Å². The number of rotatable bonds is 4. The molecule has 0 heterocycles. The second-order valence-electron chi connectivity index (χ2n) is 10.7. The molecule has 0 radical (unpaired) electrons. The van der Waals surface area contributed by atoms with Gasteiger partial charge in [0, 0.05) is 25.3 Å². The summed E-state index contributed by atoms with van der Waals surface area (Å²) in [6.45, 7) is 5.76. The van der Waals surface area contributed by atoms with Crippen molar-refractivity contribution in [3.05, 3.63) is 11.6 Å². The molecular formula is C24H37NO2. The van der Waals surface area contributed by atoms with Crippen molar-refractivity contribution in [3.63, 3.8) is 0 Å². The van der Waals surface area contributed by atoms with Gasteiger partial charge in [-0.1, -0.05) is 19.4 Å². The lowest BCUT2D eigenvalue weighted by molar-refractivity contribution is -0.130. The molecule has 4 aliphatic carbocycles. The van der Waals surface area contributed by atoms with Crippen LogP contribution in [0.2, 0.25) is 0 Å². The molecule has 0 saturated heterocycles. The van der Waals surface area contributed by atoms with E-state index in [0.29, 0.717) is 23.9 Å². The van der Waals surface area contributed by atoms with Gasteiger partial charge in [0.15, 0.2) is 5.78 Å². The number of carbonyl (C=O) groups excluding carboxylic acids is 2. The van der Waals surface area contributed by atoms with E-state index >= 15 is 0 Å². The molecule has 150 valence electrons. The van der Waals surface area contributed by atoms with Gasteiger partial charge in [0.25, 0.3) is 0 Å². The molecular weight excluding hydrogens is 334 g/mol. The molecule has 3 nitrogen and oxygen atoms in total. The molecule has 0 amide bonds. The summed E-state index contributed by atoms with van der Waals surface area (Å²) in [5.74, 6) is 3.32. The Morgan fingerprint density at radius 1 is 1.07 bits per heavy atom. The Morgan fingerprint density at radius 2 is 1.85 bits per heavy atom. The Balaban J connectivity index is 1.55. The second-order valence-corrected chi connectivity index (χ2v) is 10.7. The molecule has 0 N–H and O–H groups in total. The van der Waals surface area contributed by atoms with E-state index in [4.69, 9.17) is 0 Å². The summed E-state index contributed by atoms with van der Waals surface area (Å²) in [7, 11) is 4.11. The fraction of sp³-hybridized carbons (Fsp3) is 0.833. The molecule has 0 bridgehead atoms. The molecule has 4 rings (SSSR count). The van der Waals surface area contributed by atoms with Crippen LogP contribution in [0.15, 0.2) is 11.6 Å². The lowest BCUT2D eigenvalue weighted by Crippen LogP contribution is -2.51. The first-order chi connectivity index (χ1) is 12.8. The number of nitrogens with zero attached hydrogens (tertiary/aromatic N) is 1. The molecule has 4 aliphatic rings. The predicted octanol–water partition coefficient (Wildman–Crippen LogP) is 4.66. The van der Waals surface area contributed by atoms with Crippen LogP contribution in [0.1, 0.15) is 71.6 Å². The molecule has 6 unspecified atom stereocenters. The third-order valence-electron chi connectivity index (χ3n) is 9.16. The van der Waals surface area contributed by atoms with Crippen LogP contribution in [0.4, 0.5) is 0 Å². The van der Waals surface area contributed by atoms with E-state index in [1.165, 1.54) is 31.3 Å². The zero-order valence-electron chi connectivity index (χ0n) is 17.7. The minimum atomic E-state index is 0.215. The summed E-state index contributed by atoms with van der Waals surface area (Å²) in [6.07, 6.45) is 11.6. The van der Waals surface area contributed by atoms with Crippen molar-refractivity contribution in [2.45, 2.75) is 71.6 Å². The number of allylic oxidation sites excluding steroid dienone is 1. The summed E-state index contributed by atoms with van der Waals surface area (Å²) in [6, 6.07) is 0. The third kappa shape index (κ3) is 3.05. The van der Waals surface area contributed by atoms with Crippen molar-refractivity contribution in [1.29, 1.82) is 0 Å². The van der Waals surface area contributed by atoms with Crippen LogP contribution in [-0.4, -0.2) is 37.1 Å². The lowest BCUT2D eigenvalue weighted by atomic mass is 9.46. The molecule has 3 saturated carbocycles. The van der Waals surface area contributed by atoms with Gasteiger partial charge >= 0.3 is 0 Å². The predicted molar refractivity (Wildman–Crippen MR) is 108 cm³/mol. The SMILES string of the molecule is CN(C)CCC(=O)C1CCC2C3CCC4=CC(=O)CCC4(C)C3CCC12C. The maximum absolute atomic E-state index is 13.0. The van der Waals surface area contributed by atoms with Gasteiger partial charge in [-0.15, -0.1) is 0 Å². The Morgan fingerprint density at radius 3 is 2.59 bits per heavy atom. The monoisotopic (exact) mass is 371 g/mol. The Hall–Kier alpha value is -0.960. The first-order valence-corrected chi connectivity index (χ1v) is 11.2. The summed E-state index contributed by atoms with van der Waals surface area (Å²) in [5, 5.41) is 0. The van der Waals surface area contributed by atoms with E-state index in [9.17, 15) is 9.59 Å². The van der Waals surface area contributed by atoms with Crippen LogP contribution in [0.3, 0.4) is 0 Å². The highest BCUT2D eigenvalue weighted by atomic mass is 16.1. The minimum absolute atomic E-state index is 0.215. The number of hydrogen-bond donors (Lipinski definition) is 0. The fourth-order valence-electron chi connectivity index (χ4n) is 7.60. The largest absolute Gasteiger partial charge is 0.309 e. The van der Waals surface area contributed by atoms with Crippen molar-refractivity contribution >= 4 is 11.6 Å². The number of ketones is 2. The number of fused-ring (bicyclic) bond motifs is 5. The average molecular weight is 372 g/mol. The summed E-state index contributed by atoms with van der Waals surface area (Å²) >= 11 is 0. The zero-order valence-corrected chi connectivity index (χ0v) is 17.7. The number of carbonyl (C=O) groups is 2. The van der Waals surface area contributed by atoms with Gasteiger partial charge in [-0.25, -0.2) is 0 Å². The molecule has 0 spiro atoms. The molecule has 0 aliphatic heterocycles. The maximum Gasteiger partial charge on any atom is 0.155 e. The number of Topliss-reactive ketones (excluding diaryl/α,β-unsaturated/α-hetero) is 1. The molecule has 6 atom stereocenters. The Labute approximate surface area is 165 Å². The van der Waals surface area contributed by atoms with Crippen molar-refractivity contribution in [2.75, 3.05) is 20.6 Å². The van der Waals surface area contributed by atoms with Crippen molar-refractivity contribution in [3.8, 4) is 0 Å². The van der Waals surface area contributed by atoms with Crippen LogP contribution in [0.25, 0.3) is 0 Å². The van der Waals surface area contributed by atoms with Crippen molar-refractivity contribution in [2.24, 2.45) is 34.5 Å². The van der Waals surface area contributed by atoms with E-state index in [1.807, 2.05) is 6.08 Å². The van der Waals surface area contributed by atoms with Crippen LogP contribution < -0.4 is 0 Å². The van der Waals surface area contributed by atoms with Crippen LogP contribution in [-0.2, 0) is 9.59 Å². The molecule has 3 heteroatoms. The van der Waals surface area contributed by atoms with Crippen LogP contribution in [0, 0.1) is 34.5 Å². The van der Waals surface area contributed by atoms with E-state index in [0.717, 1.165) is 44.1 Å². The highest BCUT2D eigenvalue weighted by molar-refractivity contribution is 5.91. The highest BCUT2D eigenvalue weighted by Crippen LogP contribution is 2.66. The van der Waals surface area contributed by atoms with E-state index in [2.05, 4.69) is 32.8 Å². The normalized spacial score (nSPS) is 43.7. The van der Waals surface area contributed by atoms with Gasteiger partial charge in [-0.2, -0.15) is 0 Å². The smallest absolute Gasteiger partial charge is 0.155 e. The number of hydrogen-bond acceptors (Lipinski definition) is 3. The summed E-state index contributed by atoms with van der Waals surface area (Å²) in [5.41, 5.74) is 1.90. The molecule has 0 aromatic carbocycles. The molecule has 0 aromatic rings. The first-order valence-electron chi connectivity index (χ1n) is 11.2. The minimum Gasteiger partial charge on any atom is -0.309 e. The fourth-order valence-corrected chi connectivity index (χ4v) is 7.60. The Bertz CT molecular complexity index is 665. The maximum atomic E-state index is 13.0. The third-order valence-corrected chi connectivity index (χ3v) is 9.16. The zero-order chi connectivity index (χ0) is 19.4. The lowest BCUT2D eigenvalue weighted by Gasteiger charge is -2.58. The molecule has 3 fully saturated rings. The standard InChI is InChI=1S/C24H37NO2/c1-23-12-9-17(26)15-16(23)5-6-18-19-7-8-21(22(27)11-14-25(3)4)24(19,2)13-10-20(18)23/h15,18-21H,5-14H2,1-4H3. The highest BCUT2D eigenvalue weighted by Gasteiger charge is 2.59. The Kier molecular flexibility index (Phi) is 4.90. The quantitative estimate of drug-likeness (QED) is 0.721. The van der Waals surface area contributed by atoms with Gasteiger partial charge < -0.3 is 4.90 Å². The van der Waals surface area contributed by atoms with Crippen LogP contribution >= 0.6 is 0 Å². The van der Waals surface area contributed by atoms with E-state index in [1.54, 1.807) is 0 Å². The van der Waals surface area contributed by atoms with Gasteiger partial charge in [-0.3, -0.25) is 9.59 Å². The average Bonchev–Trinajstić information content (AvgIpc) is 2.97. The van der Waals surface area contributed by atoms with E-state index in [-0.39, 0.29) is 16.7 Å². The molecule has 27 heavy (non-hydrogen) atoms. The van der Waals surface area contributed by atoms with E-state index < -0.39 is 0 Å². The molecule has 0 aromatic heterocycles. The van der Waals surface area contributed by atoms with Gasteiger partial charge in [-0.05, 0) is 93.7 Å². The van der Waals surface area contributed by atoms with Crippen molar-refractivity contribution < 1.29 is 9.59 Å². The van der Waals surface area contributed by atoms with Gasteiger partial charge in [0.1, 0.15) is 5.78 Å². The first kappa shape index (κ1) is 19.4.